The summed E-state index contributed by atoms with van der Waals surface area (Å²) >= 11 is 0. The molecule has 1 saturated heterocycles. The Kier molecular flexibility index (Phi) is 6.69. The number of rotatable bonds is 4. The highest BCUT2D eigenvalue weighted by Gasteiger charge is 2.42. The van der Waals surface area contributed by atoms with E-state index in [-0.39, 0.29) is 36.0 Å². The third kappa shape index (κ3) is 4.37. The van der Waals surface area contributed by atoms with Crippen LogP contribution in [0.2, 0.25) is 0 Å². The third-order valence-electron chi connectivity index (χ3n) is 6.53. The zero-order valence-electron chi connectivity index (χ0n) is 15.9. The van der Waals surface area contributed by atoms with Gasteiger partial charge in [-0.1, -0.05) is 11.6 Å². The molecule has 28 heavy (non-hydrogen) atoms. The van der Waals surface area contributed by atoms with Gasteiger partial charge >= 0.3 is 0 Å². The van der Waals surface area contributed by atoms with Gasteiger partial charge in [0.05, 0.1) is 5.69 Å². The highest BCUT2D eigenvalue weighted by molar-refractivity contribution is 7.88. The number of sulfonamides is 1. The van der Waals surface area contributed by atoms with E-state index in [4.69, 9.17) is 10.3 Å². The summed E-state index contributed by atoms with van der Waals surface area (Å²) in [6, 6.07) is 1.81. The molecular formula is C18H29ClN4O4S. The van der Waals surface area contributed by atoms with Gasteiger partial charge in [0.1, 0.15) is 12.0 Å². The Morgan fingerprint density at radius 2 is 1.82 bits per heavy atom. The Bertz CT molecular complexity index is 751. The molecule has 3 fully saturated rings. The van der Waals surface area contributed by atoms with Crippen molar-refractivity contribution in [2.45, 2.75) is 43.9 Å². The number of halogens is 1. The summed E-state index contributed by atoms with van der Waals surface area (Å²) in [5.41, 5.74) is 6.74. The molecule has 1 aromatic heterocycles. The molecule has 4 rings (SSSR count). The van der Waals surface area contributed by atoms with Crippen molar-refractivity contribution in [2.24, 2.45) is 23.5 Å². The standard InChI is InChI=1S/C18H28N4O4S.ClH/c19-17-13-2-1-3-14(17)11-15(10-13)18(23)21-5-7-22(8-6-21)27(24,25)12-16-4-9-26-20-16;/h4,9,13-15,17H,1-3,5-8,10-12,19H2;1H. The van der Waals surface area contributed by atoms with Crippen molar-refractivity contribution in [3.8, 4) is 0 Å². The number of carbonyl (C=O) groups excluding carboxylic acids is 1. The van der Waals surface area contributed by atoms with Gasteiger partial charge in [-0.15, -0.1) is 12.4 Å². The van der Waals surface area contributed by atoms with Crippen LogP contribution in [-0.4, -0.2) is 60.9 Å². The minimum absolute atomic E-state index is 0. The molecule has 2 unspecified atom stereocenters. The minimum Gasteiger partial charge on any atom is -0.364 e. The average Bonchev–Trinajstić information content (AvgIpc) is 3.13. The van der Waals surface area contributed by atoms with Crippen molar-refractivity contribution in [1.29, 1.82) is 0 Å². The Balaban J connectivity index is 0.00000225. The summed E-state index contributed by atoms with van der Waals surface area (Å²) in [4.78, 5) is 14.8. The predicted molar refractivity (Wildman–Crippen MR) is 106 cm³/mol. The van der Waals surface area contributed by atoms with Gasteiger partial charge in [0.25, 0.3) is 0 Å². The maximum absolute atomic E-state index is 13.0. The molecule has 1 aromatic rings. The van der Waals surface area contributed by atoms with E-state index in [1.54, 1.807) is 6.07 Å². The molecule has 3 aliphatic rings. The largest absolute Gasteiger partial charge is 0.364 e. The highest BCUT2D eigenvalue weighted by atomic mass is 35.5. The van der Waals surface area contributed by atoms with Crippen LogP contribution in [0.15, 0.2) is 16.9 Å². The summed E-state index contributed by atoms with van der Waals surface area (Å²) in [5.74, 6) is 1.01. The summed E-state index contributed by atoms with van der Waals surface area (Å²) in [5, 5.41) is 3.68. The van der Waals surface area contributed by atoms with Crippen LogP contribution in [0.25, 0.3) is 0 Å². The van der Waals surface area contributed by atoms with Gasteiger partial charge in [-0.25, -0.2) is 8.42 Å². The fraction of sp³-hybridized carbons (Fsp3) is 0.778. The van der Waals surface area contributed by atoms with Crippen molar-refractivity contribution in [2.75, 3.05) is 26.2 Å². The van der Waals surface area contributed by atoms with E-state index in [0.717, 1.165) is 25.7 Å². The smallest absolute Gasteiger partial charge is 0.225 e. The van der Waals surface area contributed by atoms with Gasteiger partial charge in [0.2, 0.25) is 15.9 Å². The fourth-order valence-electron chi connectivity index (χ4n) is 5.03. The van der Waals surface area contributed by atoms with Gasteiger partial charge in [-0.05, 0) is 37.5 Å². The summed E-state index contributed by atoms with van der Waals surface area (Å²) in [7, 11) is -3.44. The van der Waals surface area contributed by atoms with Crippen LogP contribution in [0.1, 0.15) is 37.8 Å². The van der Waals surface area contributed by atoms with Crippen molar-refractivity contribution < 1.29 is 17.7 Å². The maximum Gasteiger partial charge on any atom is 0.225 e. The number of fused-ring (bicyclic) bond motifs is 2. The molecular weight excluding hydrogens is 404 g/mol. The number of piperazine rings is 1. The number of nitrogens with two attached hydrogens (primary N) is 1. The highest BCUT2D eigenvalue weighted by Crippen LogP contribution is 2.42. The Morgan fingerprint density at radius 1 is 1.18 bits per heavy atom. The molecule has 1 amide bonds. The Labute approximate surface area is 172 Å². The van der Waals surface area contributed by atoms with Gasteiger partial charge in [0, 0.05) is 44.2 Å². The summed E-state index contributed by atoms with van der Waals surface area (Å²) < 4.78 is 31.2. The van der Waals surface area contributed by atoms with Crippen LogP contribution >= 0.6 is 12.4 Å². The number of hydrogen-bond acceptors (Lipinski definition) is 6. The van der Waals surface area contributed by atoms with Gasteiger partial charge in [-0.2, -0.15) is 4.31 Å². The number of hydrogen-bond donors (Lipinski definition) is 1. The first-order valence-corrected chi connectivity index (χ1v) is 11.5. The number of nitrogens with zero attached hydrogens (tertiary/aromatic N) is 3. The molecule has 10 heteroatoms. The monoisotopic (exact) mass is 432 g/mol. The molecule has 8 nitrogen and oxygen atoms in total. The van der Waals surface area contributed by atoms with E-state index in [0.29, 0.717) is 43.7 Å². The molecule has 1 aliphatic heterocycles. The number of aromatic nitrogens is 1. The molecule has 0 aromatic carbocycles. The molecule has 2 N–H and O–H groups in total. The molecule has 2 heterocycles. The number of carbonyl (C=O) groups is 1. The van der Waals surface area contributed by atoms with Crippen LogP contribution in [-0.2, 0) is 20.6 Å². The zero-order valence-corrected chi connectivity index (χ0v) is 17.5. The molecule has 2 saturated carbocycles. The van der Waals surface area contributed by atoms with Crippen molar-refractivity contribution >= 4 is 28.3 Å². The Hall–Kier alpha value is -1.16. The lowest BCUT2D eigenvalue weighted by molar-refractivity contribution is -0.139. The van der Waals surface area contributed by atoms with Crippen LogP contribution in [0.5, 0.6) is 0 Å². The lowest BCUT2D eigenvalue weighted by atomic mass is 9.65. The van der Waals surface area contributed by atoms with Gasteiger partial charge in [0.15, 0.2) is 0 Å². The van der Waals surface area contributed by atoms with E-state index in [9.17, 15) is 13.2 Å². The van der Waals surface area contributed by atoms with Gasteiger partial charge < -0.3 is 15.2 Å². The van der Waals surface area contributed by atoms with Crippen LogP contribution in [0.4, 0.5) is 0 Å². The summed E-state index contributed by atoms with van der Waals surface area (Å²) in [6.07, 6.45) is 6.65. The first-order valence-electron chi connectivity index (χ1n) is 9.85. The normalized spacial score (nSPS) is 31.2. The van der Waals surface area contributed by atoms with E-state index in [2.05, 4.69) is 5.16 Å². The van der Waals surface area contributed by atoms with Crippen LogP contribution in [0.3, 0.4) is 0 Å². The first kappa shape index (κ1) is 21.5. The summed E-state index contributed by atoms with van der Waals surface area (Å²) in [6.45, 7) is 1.58. The molecule has 158 valence electrons. The van der Waals surface area contributed by atoms with E-state index in [1.165, 1.54) is 17.0 Å². The predicted octanol–water partition coefficient (Wildman–Crippen LogP) is 1.22. The fourth-order valence-corrected chi connectivity index (χ4v) is 6.45. The lowest BCUT2D eigenvalue weighted by Crippen LogP contribution is -2.54. The number of amides is 1. The van der Waals surface area contributed by atoms with E-state index >= 15 is 0 Å². The molecule has 2 bridgehead atoms. The Morgan fingerprint density at radius 3 is 2.39 bits per heavy atom. The van der Waals surface area contributed by atoms with Crippen molar-refractivity contribution in [3.63, 3.8) is 0 Å². The second-order valence-corrected chi connectivity index (χ2v) is 10.1. The first-order chi connectivity index (χ1) is 12.9. The SMILES string of the molecule is Cl.NC1C2CCCC1CC(C(=O)N1CCN(S(=O)(=O)Cc3ccon3)CC1)C2. The maximum atomic E-state index is 13.0. The second kappa shape index (κ2) is 8.69. The molecule has 0 radical (unpaired) electrons. The third-order valence-corrected chi connectivity index (χ3v) is 8.34. The van der Waals surface area contributed by atoms with Crippen LogP contribution in [0, 0.1) is 17.8 Å². The molecule has 0 spiro atoms. The lowest BCUT2D eigenvalue weighted by Gasteiger charge is -2.45. The average molecular weight is 433 g/mol. The van der Waals surface area contributed by atoms with E-state index < -0.39 is 10.0 Å². The van der Waals surface area contributed by atoms with Crippen LogP contribution < -0.4 is 5.73 Å². The topological polar surface area (TPSA) is 110 Å². The molecule has 2 atom stereocenters. The van der Waals surface area contributed by atoms with E-state index in [1.807, 2.05) is 4.90 Å². The minimum atomic E-state index is -3.44. The van der Waals surface area contributed by atoms with Crippen molar-refractivity contribution in [3.05, 3.63) is 18.0 Å². The van der Waals surface area contributed by atoms with Crippen molar-refractivity contribution in [1.82, 2.24) is 14.4 Å². The molecule has 2 aliphatic carbocycles. The zero-order chi connectivity index (χ0) is 19.0. The quantitative estimate of drug-likeness (QED) is 0.766. The van der Waals surface area contributed by atoms with Gasteiger partial charge in [-0.3, -0.25) is 4.79 Å². The second-order valence-electron chi connectivity index (χ2n) is 8.17.